The summed E-state index contributed by atoms with van der Waals surface area (Å²) in [6, 6.07) is 8.95. The van der Waals surface area contributed by atoms with Crippen LogP contribution < -0.4 is 10.2 Å². The molecule has 3 heteroatoms. The van der Waals surface area contributed by atoms with Crippen LogP contribution in [0.5, 0.6) is 5.75 Å². The number of methoxy groups -OCH3 is 1. The molecule has 1 aromatic rings. The molecule has 0 aliphatic heterocycles. The van der Waals surface area contributed by atoms with Crippen molar-refractivity contribution in [3.8, 4) is 5.75 Å². The lowest BCUT2D eigenvalue weighted by atomic mass is 9.76. The third kappa shape index (κ3) is 2.36. The maximum Gasteiger partial charge on any atom is 0.122 e. The summed E-state index contributed by atoms with van der Waals surface area (Å²) in [4.78, 5) is 0. The van der Waals surface area contributed by atoms with Gasteiger partial charge in [0, 0.05) is 20.1 Å². The number of rotatable bonds is 4. The monoisotopic (exact) mass is 220 g/mol. The number of para-hydroxylation sites is 1. The number of hydrazine groups is 1. The van der Waals surface area contributed by atoms with Crippen molar-refractivity contribution in [1.82, 2.24) is 10.4 Å². The van der Waals surface area contributed by atoms with E-state index in [0.29, 0.717) is 12.0 Å². The lowest BCUT2D eigenvalue weighted by Crippen LogP contribution is -2.46. The molecule has 16 heavy (non-hydrogen) atoms. The van der Waals surface area contributed by atoms with Crippen molar-refractivity contribution in [2.24, 2.45) is 0 Å². The summed E-state index contributed by atoms with van der Waals surface area (Å²) in [6.45, 7) is 0. The van der Waals surface area contributed by atoms with Gasteiger partial charge in [0.1, 0.15) is 5.75 Å². The van der Waals surface area contributed by atoms with Gasteiger partial charge in [0.15, 0.2) is 0 Å². The van der Waals surface area contributed by atoms with E-state index in [-0.39, 0.29) is 0 Å². The Balaban J connectivity index is 1.96. The number of hydrogen-bond acceptors (Lipinski definition) is 3. The van der Waals surface area contributed by atoms with Gasteiger partial charge in [0.05, 0.1) is 7.11 Å². The van der Waals surface area contributed by atoms with E-state index in [0.717, 1.165) is 5.75 Å². The van der Waals surface area contributed by atoms with Crippen molar-refractivity contribution in [3.05, 3.63) is 29.8 Å². The maximum absolute atomic E-state index is 5.39. The molecule has 0 bridgehead atoms. The molecule has 1 aliphatic carbocycles. The third-order valence-electron chi connectivity index (χ3n) is 3.16. The predicted octanol–water partition coefficient (Wildman–Crippen LogP) is 2.01. The molecular weight excluding hydrogens is 200 g/mol. The molecule has 0 radical (unpaired) electrons. The minimum absolute atomic E-state index is 0.616. The van der Waals surface area contributed by atoms with Crippen LogP contribution in [0.15, 0.2) is 24.3 Å². The second kappa shape index (κ2) is 4.85. The molecule has 1 aromatic carbocycles. The summed E-state index contributed by atoms with van der Waals surface area (Å²) < 4.78 is 5.39. The summed E-state index contributed by atoms with van der Waals surface area (Å²) in [6.07, 6.45) is 2.39. The van der Waals surface area contributed by atoms with E-state index in [9.17, 15) is 0 Å². The molecule has 0 heterocycles. The molecular formula is C13H20N2O. The first-order valence-electron chi connectivity index (χ1n) is 5.77. The Morgan fingerprint density at radius 1 is 1.25 bits per heavy atom. The second-order valence-electron chi connectivity index (χ2n) is 4.63. The SMILES string of the molecule is COc1ccccc1C1CC(NN(C)C)C1. The van der Waals surface area contributed by atoms with Crippen LogP contribution in [-0.4, -0.2) is 32.3 Å². The lowest BCUT2D eigenvalue weighted by molar-refractivity contribution is 0.164. The van der Waals surface area contributed by atoms with Crippen molar-refractivity contribution >= 4 is 0 Å². The summed E-state index contributed by atoms with van der Waals surface area (Å²) in [5.41, 5.74) is 4.76. The van der Waals surface area contributed by atoms with Gasteiger partial charge < -0.3 is 4.74 Å². The first-order chi connectivity index (χ1) is 7.70. The summed E-state index contributed by atoms with van der Waals surface area (Å²) in [7, 11) is 5.82. The third-order valence-corrected chi connectivity index (χ3v) is 3.16. The van der Waals surface area contributed by atoms with Gasteiger partial charge >= 0.3 is 0 Å². The molecule has 0 spiro atoms. The highest BCUT2D eigenvalue weighted by molar-refractivity contribution is 5.37. The molecule has 3 nitrogen and oxygen atoms in total. The average molecular weight is 220 g/mol. The van der Waals surface area contributed by atoms with Gasteiger partial charge in [-0.15, -0.1) is 0 Å². The van der Waals surface area contributed by atoms with E-state index in [2.05, 4.69) is 17.6 Å². The van der Waals surface area contributed by atoms with Gasteiger partial charge in [-0.05, 0) is 30.4 Å². The van der Waals surface area contributed by atoms with Crippen LogP contribution in [0.25, 0.3) is 0 Å². The van der Waals surface area contributed by atoms with Crippen molar-refractivity contribution in [1.29, 1.82) is 0 Å². The molecule has 0 saturated heterocycles. The fourth-order valence-electron chi connectivity index (χ4n) is 2.35. The van der Waals surface area contributed by atoms with Crippen LogP contribution in [0.3, 0.4) is 0 Å². The summed E-state index contributed by atoms with van der Waals surface area (Å²) in [5.74, 6) is 1.67. The molecule has 1 N–H and O–H groups in total. The van der Waals surface area contributed by atoms with Crippen molar-refractivity contribution in [3.63, 3.8) is 0 Å². The number of ether oxygens (including phenoxy) is 1. The van der Waals surface area contributed by atoms with Crippen molar-refractivity contribution in [2.45, 2.75) is 24.8 Å². The van der Waals surface area contributed by atoms with Gasteiger partial charge in [-0.2, -0.15) is 0 Å². The highest BCUT2D eigenvalue weighted by Gasteiger charge is 2.31. The zero-order valence-corrected chi connectivity index (χ0v) is 10.2. The molecule has 1 aliphatic rings. The zero-order chi connectivity index (χ0) is 11.5. The first kappa shape index (κ1) is 11.4. The Hall–Kier alpha value is -1.06. The smallest absolute Gasteiger partial charge is 0.122 e. The van der Waals surface area contributed by atoms with Gasteiger partial charge in [-0.3, -0.25) is 10.4 Å². The molecule has 1 fully saturated rings. The van der Waals surface area contributed by atoms with Crippen LogP contribution in [0.2, 0.25) is 0 Å². The standard InChI is InChI=1S/C13H20N2O/c1-15(2)14-11-8-10(9-11)12-6-4-5-7-13(12)16-3/h4-7,10-11,14H,8-9H2,1-3H3. The average Bonchev–Trinajstić information content (AvgIpc) is 2.22. The minimum atomic E-state index is 0.616. The zero-order valence-electron chi connectivity index (χ0n) is 10.2. The van der Waals surface area contributed by atoms with Crippen molar-refractivity contribution < 1.29 is 4.74 Å². The Labute approximate surface area is 97.4 Å². The topological polar surface area (TPSA) is 24.5 Å². The molecule has 0 unspecified atom stereocenters. The summed E-state index contributed by atoms with van der Waals surface area (Å²) >= 11 is 0. The molecule has 0 amide bonds. The predicted molar refractivity (Wildman–Crippen MR) is 65.6 cm³/mol. The second-order valence-corrected chi connectivity index (χ2v) is 4.63. The van der Waals surface area contributed by atoms with Crippen LogP contribution in [-0.2, 0) is 0 Å². The van der Waals surface area contributed by atoms with E-state index in [1.165, 1.54) is 18.4 Å². The van der Waals surface area contributed by atoms with Gasteiger partial charge in [0.25, 0.3) is 0 Å². The Kier molecular flexibility index (Phi) is 3.46. The van der Waals surface area contributed by atoms with Crippen LogP contribution >= 0.6 is 0 Å². The fraction of sp³-hybridized carbons (Fsp3) is 0.538. The Bertz CT molecular complexity index is 346. The van der Waals surface area contributed by atoms with Crippen LogP contribution in [0.1, 0.15) is 24.3 Å². The van der Waals surface area contributed by atoms with Crippen molar-refractivity contribution in [2.75, 3.05) is 21.2 Å². The molecule has 2 rings (SSSR count). The highest BCUT2D eigenvalue weighted by Crippen LogP contribution is 2.40. The van der Waals surface area contributed by atoms with Crippen LogP contribution in [0.4, 0.5) is 0 Å². The van der Waals surface area contributed by atoms with E-state index < -0.39 is 0 Å². The summed E-state index contributed by atoms with van der Waals surface area (Å²) in [5, 5.41) is 2.03. The van der Waals surface area contributed by atoms with Gasteiger partial charge in [0.2, 0.25) is 0 Å². The highest BCUT2D eigenvalue weighted by atomic mass is 16.5. The normalized spacial score (nSPS) is 24.2. The minimum Gasteiger partial charge on any atom is -0.496 e. The molecule has 0 aromatic heterocycles. The number of hydrogen-bond donors (Lipinski definition) is 1. The van der Waals surface area contributed by atoms with E-state index >= 15 is 0 Å². The first-order valence-corrected chi connectivity index (χ1v) is 5.77. The van der Waals surface area contributed by atoms with E-state index in [1.807, 2.05) is 31.2 Å². The van der Waals surface area contributed by atoms with E-state index in [4.69, 9.17) is 4.74 Å². The number of nitrogens with zero attached hydrogens (tertiary/aromatic N) is 1. The van der Waals surface area contributed by atoms with Crippen LogP contribution in [0, 0.1) is 0 Å². The fourth-order valence-corrected chi connectivity index (χ4v) is 2.35. The lowest BCUT2D eigenvalue weighted by Gasteiger charge is -2.38. The number of benzene rings is 1. The Morgan fingerprint density at radius 2 is 1.94 bits per heavy atom. The molecule has 88 valence electrons. The van der Waals surface area contributed by atoms with E-state index in [1.54, 1.807) is 7.11 Å². The molecule has 0 atom stereocenters. The molecule has 1 saturated carbocycles. The Morgan fingerprint density at radius 3 is 2.56 bits per heavy atom. The quantitative estimate of drug-likeness (QED) is 0.786. The maximum atomic E-state index is 5.39. The largest absolute Gasteiger partial charge is 0.496 e. The number of nitrogens with one attached hydrogen (secondary N) is 1. The van der Waals surface area contributed by atoms with Gasteiger partial charge in [-0.25, -0.2) is 0 Å². The van der Waals surface area contributed by atoms with Gasteiger partial charge in [-0.1, -0.05) is 18.2 Å².